The molecule has 0 saturated carbocycles. The average molecular weight is 281 g/mol. The molecular weight excluding hydrogens is 258 g/mol. The summed E-state index contributed by atoms with van der Waals surface area (Å²) in [5.41, 5.74) is 2.10. The third-order valence-corrected chi connectivity index (χ3v) is 4.08. The van der Waals surface area contributed by atoms with Gasteiger partial charge in [0.25, 0.3) is 0 Å². The number of hydrogen-bond acceptors (Lipinski definition) is 5. The number of nitrogens with zero attached hydrogens (tertiary/aromatic N) is 3. The van der Waals surface area contributed by atoms with Gasteiger partial charge in [0.05, 0.1) is 5.69 Å². The lowest BCUT2D eigenvalue weighted by molar-refractivity contribution is -0.144. The van der Waals surface area contributed by atoms with Gasteiger partial charge < -0.3 is 9.63 Å². The van der Waals surface area contributed by atoms with Crippen molar-refractivity contribution in [1.82, 2.24) is 15.0 Å². The fraction of sp³-hybridized carbons (Fsp3) is 0.714. The van der Waals surface area contributed by atoms with Gasteiger partial charge in [-0.15, -0.1) is 0 Å². The van der Waals surface area contributed by atoms with Gasteiger partial charge in [0, 0.05) is 38.3 Å². The Balaban J connectivity index is 1.90. The van der Waals surface area contributed by atoms with Crippen LogP contribution in [0.4, 0.5) is 0 Å². The van der Waals surface area contributed by atoms with Crippen LogP contribution in [0.3, 0.4) is 0 Å². The highest BCUT2D eigenvalue weighted by Crippen LogP contribution is 2.17. The summed E-state index contributed by atoms with van der Waals surface area (Å²) in [6.07, 6.45) is 0.652. The van der Waals surface area contributed by atoms with Gasteiger partial charge in [-0.05, 0) is 20.3 Å². The van der Waals surface area contributed by atoms with Gasteiger partial charge in [0.2, 0.25) is 0 Å². The molecule has 20 heavy (non-hydrogen) atoms. The molecule has 1 aromatic rings. The molecular formula is C14H23N3O3. The van der Waals surface area contributed by atoms with Crippen molar-refractivity contribution in [2.24, 2.45) is 0 Å². The molecule has 1 aromatic heterocycles. The molecule has 112 valence electrons. The number of aliphatic carboxylic acids is 1. The van der Waals surface area contributed by atoms with Crippen molar-refractivity contribution in [3.8, 4) is 0 Å². The Morgan fingerprint density at radius 1 is 1.35 bits per heavy atom. The van der Waals surface area contributed by atoms with Crippen LogP contribution in [0.25, 0.3) is 0 Å². The van der Waals surface area contributed by atoms with E-state index in [-0.39, 0.29) is 6.04 Å². The van der Waals surface area contributed by atoms with Gasteiger partial charge in [-0.3, -0.25) is 14.6 Å². The zero-order chi connectivity index (χ0) is 14.7. The minimum absolute atomic E-state index is 0.351. The summed E-state index contributed by atoms with van der Waals surface area (Å²) in [5.74, 6) is 0.161. The SMILES string of the molecule is CC[C@@H](C(=O)O)N1CCN(Cc2c(C)noc2C)CC1. The second kappa shape index (κ2) is 6.37. The van der Waals surface area contributed by atoms with Crippen molar-refractivity contribution >= 4 is 5.97 Å². The predicted molar refractivity (Wildman–Crippen MR) is 74.5 cm³/mol. The van der Waals surface area contributed by atoms with Crippen LogP contribution in [0.2, 0.25) is 0 Å². The fourth-order valence-corrected chi connectivity index (χ4v) is 2.77. The maximum atomic E-state index is 11.2. The lowest BCUT2D eigenvalue weighted by Crippen LogP contribution is -2.52. The van der Waals surface area contributed by atoms with Crippen molar-refractivity contribution in [3.63, 3.8) is 0 Å². The summed E-state index contributed by atoms with van der Waals surface area (Å²) in [6.45, 7) is 10.0. The third-order valence-electron chi connectivity index (χ3n) is 4.08. The Labute approximate surface area is 119 Å². The quantitative estimate of drug-likeness (QED) is 0.876. The van der Waals surface area contributed by atoms with E-state index in [2.05, 4.69) is 15.0 Å². The normalized spacial score (nSPS) is 19.1. The van der Waals surface area contributed by atoms with Crippen molar-refractivity contribution in [1.29, 1.82) is 0 Å². The number of rotatable bonds is 5. The minimum atomic E-state index is -0.716. The van der Waals surface area contributed by atoms with Crippen LogP contribution in [0, 0.1) is 13.8 Å². The van der Waals surface area contributed by atoms with E-state index in [0.717, 1.165) is 49.7 Å². The zero-order valence-corrected chi connectivity index (χ0v) is 12.4. The first-order valence-electron chi connectivity index (χ1n) is 7.13. The third kappa shape index (κ3) is 3.19. The monoisotopic (exact) mass is 281 g/mol. The molecule has 0 unspecified atom stereocenters. The summed E-state index contributed by atoms with van der Waals surface area (Å²) >= 11 is 0. The number of aryl methyl sites for hydroxylation is 2. The van der Waals surface area contributed by atoms with Crippen LogP contribution in [-0.4, -0.2) is 58.3 Å². The standard InChI is InChI=1S/C14H23N3O3/c1-4-13(14(18)19)17-7-5-16(6-8-17)9-12-10(2)15-20-11(12)3/h13H,4-9H2,1-3H3,(H,18,19)/t13-/m0/s1. The summed E-state index contributed by atoms with van der Waals surface area (Å²) in [7, 11) is 0. The fourth-order valence-electron chi connectivity index (χ4n) is 2.77. The van der Waals surface area contributed by atoms with Crippen molar-refractivity contribution in [3.05, 3.63) is 17.0 Å². The van der Waals surface area contributed by atoms with Gasteiger partial charge in [0.15, 0.2) is 0 Å². The van der Waals surface area contributed by atoms with E-state index in [4.69, 9.17) is 4.52 Å². The first kappa shape index (κ1) is 15.0. The highest BCUT2D eigenvalue weighted by Gasteiger charge is 2.27. The molecule has 0 radical (unpaired) electrons. The van der Waals surface area contributed by atoms with Gasteiger partial charge in [-0.2, -0.15) is 0 Å². The Hall–Kier alpha value is -1.40. The first-order chi connectivity index (χ1) is 9.52. The van der Waals surface area contributed by atoms with Crippen LogP contribution in [-0.2, 0) is 11.3 Å². The lowest BCUT2D eigenvalue weighted by Gasteiger charge is -2.37. The molecule has 2 heterocycles. The molecule has 0 aliphatic carbocycles. The highest BCUT2D eigenvalue weighted by atomic mass is 16.5. The van der Waals surface area contributed by atoms with Gasteiger partial charge >= 0.3 is 5.97 Å². The molecule has 1 fully saturated rings. The van der Waals surface area contributed by atoms with E-state index in [9.17, 15) is 9.90 Å². The van der Waals surface area contributed by atoms with E-state index in [1.165, 1.54) is 0 Å². The van der Waals surface area contributed by atoms with Gasteiger partial charge in [0.1, 0.15) is 11.8 Å². The average Bonchev–Trinajstić information content (AvgIpc) is 2.73. The molecule has 1 aliphatic heterocycles. The molecule has 0 bridgehead atoms. The molecule has 1 N–H and O–H groups in total. The van der Waals surface area contributed by atoms with Gasteiger partial charge in [-0.25, -0.2) is 0 Å². The van der Waals surface area contributed by atoms with Crippen LogP contribution < -0.4 is 0 Å². The highest BCUT2D eigenvalue weighted by molar-refractivity contribution is 5.73. The summed E-state index contributed by atoms with van der Waals surface area (Å²) in [5, 5.41) is 13.2. The summed E-state index contributed by atoms with van der Waals surface area (Å²) < 4.78 is 5.18. The van der Waals surface area contributed by atoms with E-state index in [1.54, 1.807) is 0 Å². The van der Waals surface area contributed by atoms with Crippen LogP contribution in [0.5, 0.6) is 0 Å². The lowest BCUT2D eigenvalue weighted by atomic mass is 10.1. The minimum Gasteiger partial charge on any atom is -0.480 e. The molecule has 1 saturated heterocycles. The Bertz CT molecular complexity index is 445. The largest absolute Gasteiger partial charge is 0.480 e. The number of hydrogen-bond donors (Lipinski definition) is 1. The number of carbonyl (C=O) groups is 1. The van der Waals surface area contributed by atoms with E-state index >= 15 is 0 Å². The first-order valence-corrected chi connectivity index (χ1v) is 7.13. The molecule has 0 amide bonds. The Morgan fingerprint density at radius 3 is 2.45 bits per heavy atom. The smallest absolute Gasteiger partial charge is 0.320 e. The Kier molecular flexibility index (Phi) is 4.77. The second-order valence-corrected chi connectivity index (χ2v) is 5.38. The van der Waals surface area contributed by atoms with Crippen molar-refractivity contribution in [2.45, 2.75) is 39.8 Å². The topological polar surface area (TPSA) is 69.8 Å². The molecule has 6 heteroatoms. The van der Waals surface area contributed by atoms with Crippen LogP contribution >= 0.6 is 0 Å². The molecule has 0 spiro atoms. The number of piperazine rings is 1. The Morgan fingerprint density at radius 2 is 2.00 bits per heavy atom. The maximum Gasteiger partial charge on any atom is 0.320 e. The summed E-state index contributed by atoms with van der Waals surface area (Å²) in [6, 6.07) is -0.351. The van der Waals surface area contributed by atoms with Crippen molar-refractivity contribution < 1.29 is 14.4 Å². The molecule has 6 nitrogen and oxygen atoms in total. The van der Waals surface area contributed by atoms with E-state index < -0.39 is 5.97 Å². The van der Waals surface area contributed by atoms with Crippen LogP contribution in [0.1, 0.15) is 30.4 Å². The van der Waals surface area contributed by atoms with Crippen LogP contribution in [0.15, 0.2) is 4.52 Å². The van der Waals surface area contributed by atoms with E-state index in [0.29, 0.717) is 6.42 Å². The number of carboxylic acid groups (broad SMARTS) is 1. The van der Waals surface area contributed by atoms with Gasteiger partial charge in [-0.1, -0.05) is 12.1 Å². The zero-order valence-electron chi connectivity index (χ0n) is 12.4. The number of carboxylic acids is 1. The van der Waals surface area contributed by atoms with E-state index in [1.807, 2.05) is 20.8 Å². The summed E-state index contributed by atoms with van der Waals surface area (Å²) in [4.78, 5) is 15.6. The maximum absolute atomic E-state index is 11.2. The molecule has 0 aromatic carbocycles. The molecule has 1 atom stereocenters. The number of aromatic nitrogens is 1. The predicted octanol–water partition coefficient (Wildman–Crippen LogP) is 1.27. The molecule has 2 rings (SSSR count). The van der Waals surface area contributed by atoms with Crippen molar-refractivity contribution in [2.75, 3.05) is 26.2 Å². The second-order valence-electron chi connectivity index (χ2n) is 5.38. The molecule has 1 aliphatic rings.